The van der Waals surface area contributed by atoms with Gasteiger partial charge in [-0.15, -0.1) is 0 Å². The zero-order chi connectivity index (χ0) is 20.1. The smallest absolute Gasteiger partial charge is 0.257 e. The molecule has 3 aromatic rings. The molecule has 6 nitrogen and oxygen atoms in total. The van der Waals surface area contributed by atoms with Crippen LogP contribution in [0.15, 0.2) is 60.8 Å². The summed E-state index contributed by atoms with van der Waals surface area (Å²) < 4.78 is 0. The van der Waals surface area contributed by atoms with Gasteiger partial charge in [-0.1, -0.05) is 23.8 Å². The van der Waals surface area contributed by atoms with Gasteiger partial charge in [0.25, 0.3) is 5.91 Å². The van der Waals surface area contributed by atoms with E-state index >= 15 is 0 Å². The molecule has 0 atom stereocenters. The third-order valence-corrected chi connectivity index (χ3v) is 4.11. The molecule has 0 fully saturated rings. The minimum Gasteiger partial charge on any atom is -0.340 e. The van der Waals surface area contributed by atoms with E-state index in [1.807, 2.05) is 50.2 Å². The molecule has 0 saturated carbocycles. The van der Waals surface area contributed by atoms with Gasteiger partial charge in [-0.2, -0.15) is 0 Å². The first-order valence-corrected chi connectivity index (χ1v) is 8.90. The fraction of sp³-hybridized carbons (Fsp3) is 0.136. The summed E-state index contributed by atoms with van der Waals surface area (Å²) in [7, 11) is 0. The van der Waals surface area contributed by atoms with Gasteiger partial charge in [-0.3, -0.25) is 9.59 Å². The Morgan fingerprint density at radius 1 is 0.893 bits per heavy atom. The Morgan fingerprint density at radius 3 is 2.36 bits per heavy atom. The quantitative estimate of drug-likeness (QED) is 0.607. The van der Waals surface area contributed by atoms with Crippen molar-refractivity contribution in [2.45, 2.75) is 20.8 Å². The van der Waals surface area contributed by atoms with E-state index in [0.717, 1.165) is 22.5 Å². The predicted molar refractivity (Wildman–Crippen MR) is 112 cm³/mol. The average Bonchev–Trinajstić information content (AvgIpc) is 2.64. The molecular formula is C22H22N4O2. The van der Waals surface area contributed by atoms with Crippen molar-refractivity contribution in [3.8, 4) is 0 Å². The van der Waals surface area contributed by atoms with Crippen LogP contribution < -0.4 is 16.0 Å². The highest BCUT2D eigenvalue weighted by Gasteiger charge is 2.09. The van der Waals surface area contributed by atoms with Crippen molar-refractivity contribution in [1.82, 2.24) is 4.98 Å². The number of hydrogen-bond acceptors (Lipinski definition) is 4. The molecule has 6 heteroatoms. The first-order valence-electron chi connectivity index (χ1n) is 8.90. The summed E-state index contributed by atoms with van der Waals surface area (Å²) in [6.07, 6.45) is 1.53. The maximum Gasteiger partial charge on any atom is 0.257 e. The second kappa shape index (κ2) is 8.35. The standard InChI is InChI=1S/C22H22N4O2/c1-14-7-9-20(15(2)11-14)26-22(28)17-8-10-21(23-13-17)25-19-6-4-5-18(12-19)24-16(3)27/h4-13H,1-3H3,(H,23,25)(H,24,27)(H,26,28). The molecule has 0 unspecified atom stereocenters. The van der Waals surface area contributed by atoms with Crippen molar-refractivity contribution < 1.29 is 9.59 Å². The Kier molecular flexibility index (Phi) is 5.69. The Balaban J connectivity index is 1.67. The van der Waals surface area contributed by atoms with Crippen LogP contribution in [0.3, 0.4) is 0 Å². The summed E-state index contributed by atoms with van der Waals surface area (Å²) in [4.78, 5) is 27.9. The first-order chi connectivity index (χ1) is 13.4. The van der Waals surface area contributed by atoms with Crippen LogP contribution in [0.4, 0.5) is 22.9 Å². The Hall–Kier alpha value is -3.67. The molecule has 0 aliphatic heterocycles. The molecule has 2 aromatic carbocycles. The van der Waals surface area contributed by atoms with E-state index in [0.29, 0.717) is 17.1 Å². The van der Waals surface area contributed by atoms with E-state index in [-0.39, 0.29) is 11.8 Å². The van der Waals surface area contributed by atoms with Crippen molar-refractivity contribution >= 4 is 34.7 Å². The topological polar surface area (TPSA) is 83.1 Å². The minimum absolute atomic E-state index is 0.130. The number of benzene rings is 2. The van der Waals surface area contributed by atoms with Gasteiger partial charge < -0.3 is 16.0 Å². The van der Waals surface area contributed by atoms with E-state index in [1.54, 1.807) is 18.2 Å². The molecule has 28 heavy (non-hydrogen) atoms. The Labute approximate surface area is 164 Å². The highest BCUT2D eigenvalue weighted by Crippen LogP contribution is 2.20. The molecule has 2 amide bonds. The number of aromatic nitrogens is 1. The predicted octanol–water partition coefficient (Wildman–Crippen LogP) is 4.65. The number of nitrogens with zero attached hydrogens (tertiary/aromatic N) is 1. The molecule has 1 aromatic heterocycles. The van der Waals surface area contributed by atoms with Gasteiger partial charge >= 0.3 is 0 Å². The van der Waals surface area contributed by atoms with Crippen LogP contribution >= 0.6 is 0 Å². The summed E-state index contributed by atoms with van der Waals surface area (Å²) in [5, 5.41) is 8.80. The number of aryl methyl sites for hydroxylation is 2. The van der Waals surface area contributed by atoms with Crippen LogP contribution in [0, 0.1) is 13.8 Å². The van der Waals surface area contributed by atoms with Crippen molar-refractivity contribution in [3.05, 3.63) is 77.5 Å². The van der Waals surface area contributed by atoms with Crippen molar-refractivity contribution in [1.29, 1.82) is 0 Å². The SMILES string of the molecule is CC(=O)Nc1cccc(Nc2ccc(C(=O)Nc3ccc(C)cc3C)cn2)c1. The van der Waals surface area contributed by atoms with Crippen LogP contribution in [-0.4, -0.2) is 16.8 Å². The molecule has 0 aliphatic carbocycles. The van der Waals surface area contributed by atoms with Gasteiger partial charge in [-0.25, -0.2) is 4.98 Å². The summed E-state index contributed by atoms with van der Waals surface area (Å²) in [5.74, 6) is 0.260. The number of rotatable bonds is 5. The zero-order valence-corrected chi connectivity index (χ0v) is 16.0. The van der Waals surface area contributed by atoms with E-state index in [1.165, 1.54) is 13.1 Å². The fourth-order valence-corrected chi connectivity index (χ4v) is 2.78. The molecule has 3 rings (SSSR count). The lowest BCUT2D eigenvalue weighted by atomic mass is 10.1. The highest BCUT2D eigenvalue weighted by atomic mass is 16.2. The van der Waals surface area contributed by atoms with Crippen molar-refractivity contribution in [2.24, 2.45) is 0 Å². The molecule has 142 valence electrons. The maximum atomic E-state index is 12.5. The molecule has 0 bridgehead atoms. The lowest BCUT2D eigenvalue weighted by Gasteiger charge is -2.10. The van der Waals surface area contributed by atoms with E-state index in [9.17, 15) is 9.59 Å². The summed E-state index contributed by atoms with van der Waals surface area (Å²) in [6.45, 7) is 5.44. The van der Waals surface area contributed by atoms with E-state index in [4.69, 9.17) is 0 Å². The van der Waals surface area contributed by atoms with Crippen LogP contribution in [0.2, 0.25) is 0 Å². The van der Waals surface area contributed by atoms with Gasteiger partial charge in [0.05, 0.1) is 5.56 Å². The zero-order valence-electron chi connectivity index (χ0n) is 16.0. The minimum atomic E-state index is -0.210. The third-order valence-electron chi connectivity index (χ3n) is 4.11. The Bertz CT molecular complexity index is 1010. The summed E-state index contributed by atoms with van der Waals surface area (Å²) >= 11 is 0. The number of carbonyl (C=O) groups excluding carboxylic acids is 2. The normalized spacial score (nSPS) is 10.2. The second-order valence-corrected chi connectivity index (χ2v) is 6.59. The second-order valence-electron chi connectivity index (χ2n) is 6.59. The average molecular weight is 374 g/mol. The van der Waals surface area contributed by atoms with Gasteiger partial charge in [0.15, 0.2) is 0 Å². The number of carbonyl (C=O) groups is 2. The van der Waals surface area contributed by atoms with E-state index in [2.05, 4.69) is 20.9 Å². The van der Waals surface area contributed by atoms with Gasteiger partial charge in [0.1, 0.15) is 5.82 Å². The van der Waals surface area contributed by atoms with Gasteiger partial charge in [0, 0.05) is 30.2 Å². The number of pyridine rings is 1. The number of hydrogen-bond donors (Lipinski definition) is 3. The fourth-order valence-electron chi connectivity index (χ4n) is 2.78. The molecule has 0 aliphatic rings. The number of nitrogens with one attached hydrogen (secondary N) is 3. The molecule has 0 radical (unpaired) electrons. The molecule has 0 saturated heterocycles. The van der Waals surface area contributed by atoms with E-state index < -0.39 is 0 Å². The molecule has 3 N–H and O–H groups in total. The summed E-state index contributed by atoms with van der Waals surface area (Å²) in [5.41, 5.74) is 4.90. The van der Waals surface area contributed by atoms with Crippen LogP contribution in [0.25, 0.3) is 0 Å². The first kappa shape index (κ1) is 19.1. The van der Waals surface area contributed by atoms with Crippen LogP contribution in [-0.2, 0) is 4.79 Å². The Morgan fingerprint density at radius 2 is 1.68 bits per heavy atom. The van der Waals surface area contributed by atoms with Crippen LogP contribution in [0.5, 0.6) is 0 Å². The number of anilines is 4. The lowest BCUT2D eigenvalue weighted by Crippen LogP contribution is -2.13. The third kappa shape index (κ3) is 4.94. The van der Waals surface area contributed by atoms with Crippen molar-refractivity contribution in [3.63, 3.8) is 0 Å². The van der Waals surface area contributed by atoms with Gasteiger partial charge in [0.2, 0.25) is 5.91 Å². The monoisotopic (exact) mass is 374 g/mol. The summed E-state index contributed by atoms with van der Waals surface area (Å²) in [6, 6.07) is 16.7. The molecular weight excluding hydrogens is 352 g/mol. The lowest BCUT2D eigenvalue weighted by molar-refractivity contribution is -0.114. The number of amides is 2. The van der Waals surface area contributed by atoms with Crippen molar-refractivity contribution in [2.75, 3.05) is 16.0 Å². The largest absolute Gasteiger partial charge is 0.340 e. The molecule has 1 heterocycles. The van der Waals surface area contributed by atoms with Gasteiger partial charge in [-0.05, 0) is 55.8 Å². The highest BCUT2D eigenvalue weighted by molar-refractivity contribution is 6.04. The van der Waals surface area contributed by atoms with Crippen LogP contribution in [0.1, 0.15) is 28.4 Å². The molecule has 0 spiro atoms. The maximum absolute atomic E-state index is 12.5.